The van der Waals surface area contributed by atoms with Gasteiger partial charge in [0, 0.05) is 24.6 Å². The summed E-state index contributed by atoms with van der Waals surface area (Å²) in [6.07, 6.45) is 1.83. The predicted octanol–water partition coefficient (Wildman–Crippen LogP) is 4.80. The molecule has 1 aliphatic rings. The highest BCUT2D eigenvalue weighted by Gasteiger charge is 2.28. The second kappa shape index (κ2) is 10.7. The van der Waals surface area contributed by atoms with Crippen LogP contribution >= 0.6 is 11.3 Å². The van der Waals surface area contributed by atoms with Crippen molar-refractivity contribution in [3.8, 4) is 16.5 Å². The maximum atomic E-state index is 14.7. The first-order chi connectivity index (χ1) is 17.8. The molecule has 3 aromatic heterocycles. The van der Waals surface area contributed by atoms with Crippen molar-refractivity contribution in [3.05, 3.63) is 47.5 Å². The summed E-state index contributed by atoms with van der Waals surface area (Å²) in [6.45, 7) is 7.77. The number of hydrogen-bond donors (Lipinski definition) is 1. The standard InChI is InChI=1S/C25H28FN5O4S2/c1-14(2)22-29-24(35-30-22)31-10-8-17(9-11-31)15(3)34-25-28-21-7-6-20(27-23(21)36-25)18-5-4-16(12-19(18)26)13-37(32)33/h4-7,12,14-15,17,37H,8-11,13H2,1-3H3. The van der Waals surface area contributed by atoms with Gasteiger partial charge in [-0.2, -0.15) is 4.98 Å². The minimum atomic E-state index is -2.62. The van der Waals surface area contributed by atoms with Crippen molar-refractivity contribution in [2.75, 3.05) is 18.0 Å². The third kappa shape index (κ3) is 5.74. The monoisotopic (exact) mass is 545 g/mol. The number of pyridine rings is 1. The second-order valence-corrected chi connectivity index (χ2v) is 11.5. The maximum absolute atomic E-state index is 14.7. The summed E-state index contributed by atoms with van der Waals surface area (Å²) in [5.74, 6) is 0.602. The van der Waals surface area contributed by atoms with Crippen molar-refractivity contribution in [1.82, 2.24) is 20.1 Å². The molecule has 1 fully saturated rings. The lowest BCUT2D eigenvalue weighted by Gasteiger charge is -2.33. The summed E-state index contributed by atoms with van der Waals surface area (Å²) < 4.78 is 48.1. The molecule has 4 aromatic rings. The summed E-state index contributed by atoms with van der Waals surface area (Å²) in [7, 11) is -2.62. The van der Waals surface area contributed by atoms with Gasteiger partial charge in [-0.3, -0.25) is 0 Å². The fourth-order valence-corrected chi connectivity index (χ4v) is 5.78. The molecule has 37 heavy (non-hydrogen) atoms. The van der Waals surface area contributed by atoms with Crippen molar-refractivity contribution in [2.45, 2.75) is 51.4 Å². The van der Waals surface area contributed by atoms with E-state index >= 15 is 0 Å². The predicted molar refractivity (Wildman–Crippen MR) is 140 cm³/mol. The Morgan fingerprint density at radius 3 is 2.59 bits per heavy atom. The first-order valence-corrected chi connectivity index (χ1v) is 14.4. The molecule has 196 valence electrons. The van der Waals surface area contributed by atoms with Crippen LogP contribution in [0.15, 0.2) is 34.9 Å². The van der Waals surface area contributed by atoms with E-state index in [1.807, 2.05) is 13.8 Å². The molecule has 1 aliphatic heterocycles. The van der Waals surface area contributed by atoms with Crippen LogP contribution in [0, 0.1) is 11.7 Å². The Morgan fingerprint density at radius 2 is 1.92 bits per heavy atom. The zero-order valence-corrected chi connectivity index (χ0v) is 22.5. The summed E-state index contributed by atoms with van der Waals surface area (Å²) >= 11 is 1.33. The number of aromatic nitrogens is 4. The summed E-state index contributed by atoms with van der Waals surface area (Å²) in [4.78, 5) is 16.4. The Morgan fingerprint density at radius 1 is 1.14 bits per heavy atom. The number of fused-ring (bicyclic) bond motifs is 1. The van der Waals surface area contributed by atoms with Crippen LogP contribution in [0.3, 0.4) is 0 Å². The summed E-state index contributed by atoms with van der Waals surface area (Å²) in [5, 5.41) is 4.59. The van der Waals surface area contributed by atoms with E-state index in [1.54, 1.807) is 24.3 Å². The van der Waals surface area contributed by atoms with Crippen LogP contribution in [0.25, 0.3) is 21.6 Å². The van der Waals surface area contributed by atoms with Crippen LogP contribution in [0.1, 0.15) is 50.9 Å². The van der Waals surface area contributed by atoms with Crippen molar-refractivity contribution < 1.29 is 22.1 Å². The van der Waals surface area contributed by atoms with Crippen molar-refractivity contribution in [3.63, 3.8) is 0 Å². The fourth-order valence-electron chi connectivity index (χ4n) is 4.42. The lowest BCUT2D eigenvalue weighted by Crippen LogP contribution is -2.38. The number of nitrogens with zero attached hydrogens (tertiary/aromatic N) is 5. The minimum Gasteiger partial charge on any atom is -0.467 e. The van der Waals surface area contributed by atoms with Gasteiger partial charge in [-0.25, -0.2) is 22.8 Å². The smallest absolute Gasteiger partial charge is 0.324 e. The van der Waals surface area contributed by atoms with Crippen molar-refractivity contribution in [2.24, 2.45) is 5.92 Å². The van der Waals surface area contributed by atoms with Gasteiger partial charge in [0.05, 0.1) is 11.4 Å². The van der Waals surface area contributed by atoms with E-state index in [1.165, 1.54) is 17.4 Å². The van der Waals surface area contributed by atoms with E-state index in [-0.39, 0.29) is 17.8 Å². The zero-order chi connectivity index (χ0) is 26.1. The molecule has 0 aliphatic carbocycles. The zero-order valence-electron chi connectivity index (χ0n) is 20.8. The van der Waals surface area contributed by atoms with Crippen LogP contribution in [0.5, 0.6) is 5.19 Å². The lowest BCUT2D eigenvalue weighted by atomic mass is 9.92. The highest BCUT2D eigenvalue weighted by molar-refractivity contribution is 7.71. The molecule has 0 radical (unpaired) electrons. The Balaban J connectivity index is 1.23. The maximum Gasteiger partial charge on any atom is 0.324 e. The number of piperidine rings is 1. The third-order valence-electron chi connectivity index (χ3n) is 6.57. The van der Waals surface area contributed by atoms with E-state index < -0.39 is 16.5 Å². The second-order valence-electron chi connectivity index (χ2n) is 9.54. The number of thiol groups is 1. The number of anilines is 1. The van der Waals surface area contributed by atoms with Gasteiger partial charge in [0.15, 0.2) is 5.82 Å². The molecule has 1 aromatic carbocycles. The van der Waals surface area contributed by atoms with Gasteiger partial charge in [-0.15, -0.1) is 0 Å². The first-order valence-electron chi connectivity index (χ1n) is 12.2. The van der Waals surface area contributed by atoms with Crippen LogP contribution in [0.4, 0.5) is 10.4 Å². The van der Waals surface area contributed by atoms with E-state index in [4.69, 9.17) is 9.26 Å². The van der Waals surface area contributed by atoms with Crippen LogP contribution in [0.2, 0.25) is 0 Å². The number of halogens is 1. The molecule has 0 bridgehead atoms. The molecule has 12 heteroatoms. The molecular formula is C25H28FN5O4S2. The Hall–Kier alpha value is -3.12. The average Bonchev–Trinajstić information content (AvgIpc) is 3.51. The highest BCUT2D eigenvalue weighted by atomic mass is 32.2. The molecule has 0 amide bonds. The number of ether oxygens (including phenoxy) is 1. The fraction of sp³-hybridized carbons (Fsp3) is 0.440. The van der Waals surface area contributed by atoms with E-state index in [9.17, 15) is 12.8 Å². The van der Waals surface area contributed by atoms with Gasteiger partial charge in [0.1, 0.15) is 33.0 Å². The van der Waals surface area contributed by atoms with Crippen LogP contribution < -0.4 is 9.64 Å². The molecular weight excluding hydrogens is 517 g/mol. The molecule has 1 saturated heterocycles. The van der Waals surface area contributed by atoms with Gasteiger partial charge in [0.25, 0.3) is 5.19 Å². The quantitative estimate of drug-likeness (QED) is 0.312. The number of benzene rings is 1. The van der Waals surface area contributed by atoms with Crippen LogP contribution in [-0.4, -0.2) is 47.7 Å². The molecule has 0 N–H and O–H groups in total. The summed E-state index contributed by atoms with van der Waals surface area (Å²) in [6, 6.07) is 8.48. The minimum absolute atomic E-state index is 0.0337. The van der Waals surface area contributed by atoms with Gasteiger partial charge in [-0.05, 0) is 55.5 Å². The van der Waals surface area contributed by atoms with E-state index in [0.29, 0.717) is 44.3 Å². The first kappa shape index (κ1) is 25.5. The van der Waals surface area contributed by atoms with E-state index in [0.717, 1.165) is 31.8 Å². The SMILES string of the molecule is CC(C)c1noc(N2CCC(C(C)Oc3nc4ccc(-c5ccc(C[SH](=O)=O)cc5F)nc4s3)CC2)n1. The molecule has 0 spiro atoms. The molecule has 4 heterocycles. The molecule has 0 saturated carbocycles. The topological polar surface area (TPSA) is 111 Å². The average molecular weight is 546 g/mol. The Labute approximate surface area is 219 Å². The Kier molecular flexibility index (Phi) is 7.38. The molecule has 9 nitrogen and oxygen atoms in total. The van der Waals surface area contributed by atoms with Gasteiger partial charge >= 0.3 is 6.01 Å². The largest absolute Gasteiger partial charge is 0.467 e. The van der Waals surface area contributed by atoms with Gasteiger partial charge < -0.3 is 14.2 Å². The number of thiazole rings is 1. The van der Waals surface area contributed by atoms with Crippen molar-refractivity contribution >= 4 is 38.4 Å². The normalized spacial score (nSPS) is 15.7. The summed E-state index contributed by atoms with van der Waals surface area (Å²) in [5.41, 5.74) is 1.86. The lowest BCUT2D eigenvalue weighted by molar-refractivity contribution is 0.131. The number of hydrogen-bond acceptors (Lipinski definition) is 10. The van der Waals surface area contributed by atoms with Crippen molar-refractivity contribution in [1.29, 1.82) is 0 Å². The molecule has 1 atom stereocenters. The Bertz CT molecular complexity index is 1470. The van der Waals surface area contributed by atoms with Gasteiger partial charge in [0.2, 0.25) is 0 Å². The molecule has 5 rings (SSSR count). The van der Waals surface area contributed by atoms with E-state index in [2.05, 4.69) is 31.9 Å². The van der Waals surface area contributed by atoms with Crippen LogP contribution in [-0.2, 0) is 16.5 Å². The highest BCUT2D eigenvalue weighted by Crippen LogP contribution is 2.33. The van der Waals surface area contributed by atoms with Gasteiger partial charge in [-0.1, -0.05) is 36.4 Å². The third-order valence-corrected chi connectivity index (χ3v) is 8.04. The number of rotatable bonds is 8. The molecule has 1 unspecified atom stereocenters.